The van der Waals surface area contributed by atoms with Crippen LogP contribution in [0.1, 0.15) is 88.6 Å². The Labute approximate surface area is 277 Å². The van der Waals surface area contributed by atoms with E-state index in [1.807, 2.05) is 86.8 Å². The van der Waals surface area contributed by atoms with E-state index < -0.39 is 0 Å². The van der Waals surface area contributed by atoms with E-state index in [-0.39, 0.29) is 23.6 Å². The van der Waals surface area contributed by atoms with Crippen molar-refractivity contribution in [2.24, 2.45) is 16.1 Å². The fourth-order valence-electron chi connectivity index (χ4n) is 6.24. The first-order valence-corrected chi connectivity index (χ1v) is 16.6. The second kappa shape index (κ2) is 13.5. The Morgan fingerprint density at radius 3 is 2.51 bits per heavy atom. The number of hydrogen-bond donors (Lipinski definition) is 3. The van der Waals surface area contributed by atoms with Crippen molar-refractivity contribution in [1.82, 2.24) is 25.2 Å². The molecule has 1 saturated heterocycles. The van der Waals surface area contributed by atoms with Crippen LogP contribution in [0.15, 0.2) is 83.6 Å². The summed E-state index contributed by atoms with van der Waals surface area (Å²) in [7, 11) is 0. The van der Waals surface area contributed by atoms with E-state index in [1.165, 1.54) is 6.42 Å². The maximum atomic E-state index is 13.4. The lowest BCUT2D eigenvalue weighted by atomic mass is 9.85. The third kappa shape index (κ3) is 7.42. The minimum atomic E-state index is -0.342. The summed E-state index contributed by atoms with van der Waals surface area (Å²) in [6.45, 7) is 11.3. The molecule has 0 bridgehead atoms. The minimum Gasteiger partial charge on any atom is -0.484 e. The summed E-state index contributed by atoms with van der Waals surface area (Å²) in [5, 5.41) is 15.1. The van der Waals surface area contributed by atoms with E-state index in [4.69, 9.17) is 15.5 Å². The first kappa shape index (κ1) is 32.1. The maximum absolute atomic E-state index is 13.4. The number of aromatic nitrogens is 3. The highest BCUT2D eigenvalue weighted by Crippen LogP contribution is 2.39. The van der Waals surface area contributed by atoms with Crippen molar-refractivity contribution in [2.75, 3.05) is 11.4 Å². The van der Waals surface area contributed by atoms with Gasteiger partial charge in [0.05, 0.1) is 17.9 Å². The van der Waals surface area contributed by atoms with Gasteiger partial charge in [-0.05, 0) is 81.3 Å². The first-order valence-electron chi connectivity index (χ1n) is 16.6. The van der Waals surface area contributed by atoms with Crippen LogP contribution >= 0.6 is 0 Å². The summed E-state index contributed by atoms with van der Waals surface area (Å²) in [6, 6.07) is 19.8. The minimum absolute atomic E-state index is 0.160. The van der Waals surface area contributed by atoms with Gasteiger partial charge in [0.2, 0.25) is 5.95 Å². The van der Waals surface area contributed by atoms with Gasteiger partial charge in [-0.1, -0.05) is 62.7 Å². The van der Waals surface area contributed by atoms with Crippen LogP contribution in [0.5, 0.6) is 5.75 Å². The monoisotopic (exact) mass is 634 g/mol. The molecule has 10 nitrogen and oxygen atoms in total. The number of nitrogens with zero attached hydrogens (tertiary/aromatic N) is 5. The lowest BCUT2D eigenvalue weighted by Crippen LogP contribution is -2.42. The van der Waals surface area contributed by atoms with E-state index in [1.54, 1.807) is 6.08 Å². The number of carbonyl (C=O) groups excluding carboxylic acids is 1. The summed E-state index contributed by atoms with van der Waals surface area (Å²) >= 11 is 0. The van der Waals surface area contributed by atoms with Gasteiger partial charge >= 0.3 is 6.03 Å². The number of benzene rings is 2. The van der Waals surface area contributed by atoms with Gasteiger partial charge in [0.1, 0.15) is 17.7 Å². The molecule has 2 amide bonds. The van der Waals surface area contributed by atoms with Crippen molar-refractivity contribution in [3.05, 3.63) is 95.3 Å². The molecule has 0 unspecified atom stereocenters. The number of nitrogens with one attached hydrogen (secondary N) is 2. The van der Waals surface area contributed by atoms with Gasteiger partial charge < -0.3 is 20.7 Å². The molecule has 246 valence electrons. The lowest BCUT2D eigenvalue weighted by Gasteiger charge is -2.33. The van der Waals surface area contributed by atoms with Gasteiger partial charge in [-0.3, -0.25) is 9.72 Å². The summed E-state index contributed by atoms with van der Waals surface area (Å²) in [5.41, 5.74) is 11.5. The molecule has 2 aromatic heterocycles. The van der Waals surface area contributed by atoms with Gasteiger partial charge in [-0.25, -0.2) is 9.79 Å². The number of aryl methyl sites for hydroxylation is 1. The van der Waals surface area contributed by atoms with E-state index in [2.05, 4.69) is 44.8 Å². The zero-order valence-corrected chi connectivity index (χ0v) is 28.0. The van der Waals surface area contributed by atoms with Gasteiger partial charge in [0.15, 0.2) is 5.65 Å². The number of amides is 2. The van der Waals surface area contributed by atoms with Crippen molar-refractivity contribution < 1.29 is 9.53 Å². The molecule has 4 N–H and O–H groups in total. The van der Waals surface area contributed by atoms with E-state index in [0.29, 0.717) is 24.0 Å². The molecule has 10 heteroatoms. The highest BCUT2D eigenvalue weighted by atomic mass is 16.5. The summed E-state index contributed by atoms with van der Waals surface area (Å²) in [4.78, 5) is 20.5. The molecule has 47 heavy (non-hydrogen) atoms. The van der Waals surface area contributed by atoms with Crippen LogP contribution in [0.25, 0.3) is 5.65 Å². The highest BCUT2D eigenvalue weighted by Gasteiger charge is 2.30. The molecular weight excluding hydrogens is 588 g/mol. The summed E-state index contributed by atoms with van der Waals surface area (Å²) in [5.74, 6) is 2.00. The van der Waals surface area contributed by atoms with E-state index in [0.717, 1.165) is 65.5 Å². The number of hydrogen-bond acceptors (Lipinski definition) is 7. The zero-order valence-electron chi connectivity index (χ0n) is 28.0. The summed E-state index contributed by atoms with van der Waals surface area (Å²) in [6.07, 6.45) is 8.58. The largest absolute Gasteiger partial charge is 0.484 e. The molecule has 0 saturated carbocycles. The molecule has 0 radical (unpaired) electrons. The molecule has 2 aliphatic rings. The molecule has 3 heterocycles. The average Bonchev–Trinajstić information content (AvgIpc) is 3.46. The topological polar surface area (TPSA) is 122 Å². The molecule has 1 fully saturated rings. The molecule has 4 aromatic rings. The van der Waals surface area contributed by atoms with Crippen LogP contribution in [-0.4, -0.2) is 39.1 Å². The predicted octanol–water partition coefficient (Wildman–Crippen LogP) is 7.29. The Morgan fingerprint density at radius 2 is 1.77 bits per heavy atom. The van der Waals surface area contributed by atoms with Crippen LogP contribution < -0.4 is 26.0 Å². The Kier molecular flexibility index (Phi) is 9.20. The van der Waals surface area contributed by atoms with E-state index in [9.17, 15) is 4.79 Å². The van der Waals surface area contributed by atoms with Gasteiger partial charge in [0.25, 0.3) is 0 Å². The van der Waals surface area contributed by atoms with Crippen molar-refractivity contribution in [1.29, 1.82) is 0 Å². The second-order valence-corrected chi connectivity index (χ2v) is 13.8. The van der Waals surface area contributed by atoms with Crippen LogP contribution in [0.3, 0.4) is 0 Å². The normalized spacial score (nSPS) is 20.5. The van der Waals surface area contributed by atoms with Crippen LogP contribution in [-0.2, 0) is 0 Å². The number of pyridine rings is 1. The molecule has 0 spiro atoms. The maximum Gasteiger partial charge on any atom is 0.320 e. The number of allylic oxidation sites excluding steroid dienone is 1. The highest BCUT2D eigenvalue weighted by molar-refractivity contribution is 6.05. The Hall–Kier alpha value is -4.86. The van der Waals surface area contributed by atoms with Crippen LogP contribution in [0.2, 0.25) is 0 Å². The van der Waals surface area contributed by atoms with Gasteiger partial charge in [-0.15, -0.1) is 10.2 Å². The van der Waals surface area contributed by atoms with Crippen molar-refractivity contribution in [2.45, 2.75) is 84.9 Å². The molecular formula is C37H46N8O2. The fourth-order valence-corrected chi connectivity index (χ4v) is 6.24. The average molecular weight is 635 g/mol. The Morgan fingerprint density at radius 1 is 1.00 bits per heavy atom. The second-order valence-electron chi connectivity index (χ2n) is 13.8. The van der Waals surface area contributed by atoms with Crippen molar-refractivity contribution >= 4 is 29.1 Å². The molecule has 3 atom stereocenters. The Bertz CT molecular complexity index is 1790. The van der Waals surface area contributed by atoms with Crippen molar-refractivity contribution in [3.63, 3.8) is 0 Å². The zero-order chi connectivity index (χ0) is 33.1. The molecule has 1 aliphatic heterocycles. The van der Waals surface area contributed by atoms with Gasteiger partial charge in [-0.2, -0.15) is 0 Å². The molecule has 1 aliphatic carbocycles. The van der Waals surface area contributed by atoms with Crippen LogP contribution in [0, 0.1) is 12.3 Å². The molecule has 6 rings (SSSR count). The quantitative estimate of drug-likeness (QED) is 0.151. The number of nitrogens with two attached hydrogens (primary N) is 1. The lowest BCUT2D eigenvalue weighted by molar-refractivity contribution is 0.171. The smallest absolute Gasteiger partial charge is 0.320 e. The van der Waals surface area contributed by atoms with E-state index >= 15 is 0 Å². The Balaban J connectivity index is 1.19. The third-order valence-electron chi connectivity index (χ3n) is 9.12. The predicted molar refractivity (Wildman–Crippen MR) is 187 cm³/mol. The standard InChI is InChI=1S/C37H46N8O2/c1-24-13-15-26(16-14-24)39-33(22-32(38)37(3,4)5)41-35(46)40-30-18-19-31(29-12-7-6-11-28(29)30)47-27-17-20-34-42-43-36(45(34)23-27)44-21-9-8-10-25(44)2/h6-7,11-17,20,22-23,25,30-31H,8-10,18-19,21,38H2,1-5H3,(H2,39,40,41,46)/t25-,30+,31-/m1/s1. The van der Waals surface area contributed by atoms with Crippen molar-refractivity contribution in [3.8, 4) is 5.75 Å². The number of piperidine rings is 1. The number of rotatable bonds is 6. The first-order chi connectivity index (χ1) is 22.5. The number of carbonyl (C=O) groups is 1. The number of aliphatic imine (C=N–C) groups is 1. The SMILES string of the molecule is Cc1ccc(N=C(C=C(N)C(C)(C)C)NC(=O)N[C@H]2CC[C@@H](Oc3ccc4nnc(N5CCCC[C@H]5C)n4c3)c3ccccc32)cc1. The third-order valence-corrected chi connectivity index (χ3v) is 9.12. The number of ether oxygens (including phenoxy) is 1. The van der Waals surface area contributed by atoms with Gasteiger partial charge in [0, 0.05) is 29.8 Å². The number of urea groups is 1. The number of amidine groups is 1. The number of anilines is 1. The fraction of sp³-hybridized carbons (Fsp3) is 0.405. The summed E-state index contributed by atoms with van der Waals surface area (Å²) < 4.78 is 8.67. The molecule has 2 aromatic carbocycles. The van der Waals surface area contributed by atoms with Crippen LogP contribution in [0.4, 0.5) is 16.4 Å². The number of fused-ring (bicyclic) bond motifs is 2.